The Labute approximate surface area is 116 Å². The van der Waals surface area contributed by atoms with E-state index in [4.69, 9.17) is 0 Å². The number of hydrogen-bond donors (Lipinski definition) is 2. The molecule has 2 N–H and O–H groups in total. The number of aryl methyl sites for hydroxylation is 2. The van der Waals surface area contributed by atoms with Crippen molar-refractivity contribution < 1.29 is 8.42 Å². The molecule has 4 nitrogen and oxygen atoms in total. The first-order valence-corrected chi connectivity index (χ1v) is 8.26. The lowest BCUT2D eigenvalue weighted by atomic mass is 10.1. The van der Waals surface area contributed by atoms with Gasteiger partial charge in [-0.25, -0.2) is 8.42 Å². The normalized spacial score (nSPS) is 11.8. The summed E-state index contributed by atoms with van der Waals surface area (Å²) in [6, 6.07) is 6.09. The van der Waals surface area contributed by atoms with Crippen LogP contribution >= 0.6 is 0 Å². The summed E-state index contributed by atoms with van der Waals surface area (Å²) in [6.07, 6.45) is 0.609. The first kappa shape index (κ1) is 16.0. The maximum Gasteiger partial charge on any atom is 0.232 e. The lowest BCUT2D eigenvalue weighted by molar-refractivity contribution is 0.571. The fourth-order valence-corrected chi connectivity index (χ4v) is 3.02. The summed E-state index contributed by atoms with van der Waals surface area (Å²) in [5.74, 6) is 0.139. The third kappa shape index (κ3) is 6.59. The highest BCUT2D eigenvalue weighted by Gasteiger charge is 2.10. The smallest absolute Gasteiger partial charge is 0.232 e. The molecule has 19 heavy (non-hydrogen) atoms. The van der Waals surface area contributed by atoms with E-state index in [0.717, 1.165) is 11.1 Å². The number of rotatable bonds is 7. The molecular weight excluding hydrogens is 260 g/mol. The van der Waals surface area contributed by atoms with E-state index in [1.54, 1.807) is 0 Å². The van der Waals surface area contributed by atoms with Crippen molar-refractivity contribution >= 4 is 15.7 Å². The number of anilines is 1. The van der Waals surface area contributed by atoms with E-state index in [0.29, 0.717) is 24.7 Å². The van der Waals surface area contributed by atoms with E-state index < -0.39 is 10.0 Å². The molecule has 0 heterocycles. The van der Waals surface area contributed by atoms with Crippen LogP contribution in [0, 0.1) is 13.8 Å². The largest absolute Gasteiger partial charge is 0.314 e. The zero-order valence-electron chi connectivity index (χ0n) is 12.2. The van der Waals surface area contributed by atoms with Crippen LogP contribution in [0.3, 0.4) is 0 Å². The molecule has 0 atom stereocenters. The van der Waals surface area contributed by atoms with Gasteiger partial charge in [0.1, 0.15) is 0 Å². The Morgan fingerprint density at radius 1 is 1.11 bits per heavy atom. The molecule has 0 aliphatic rings. The summed E-state index contributed by atoms with van der Waals surface area (Å²) in [5, 5.41) is 3.21. The maximum atomic E-state index is 11.9. The van der Waals surface area contributed by atoms with Crippen LogP contribution in [0.25, 0.3) is 0 Å². The Hall–Kier alpha value is -1.07. The lowest BCUT2D eigenvalue weighted by Crippen LogP contribution is -2.26. The SMILES string of the molecule is Cc1cc(C)cc(NS(=O)(=O)CCCNC(C)C)c1. The molecule has 0 radical (unpaired) electrons. The van der Waals surface area contributed by atoms with Crippen molar-refractivity contribution in [2.24, 2.45) is 0 Å². The van der Waals surface area contributed by atoms with Crippen LogP contribution in [0.2, 0.25) is 0 Å². The lowest BCUT2D eigenvalue weighted by Gasteiger charge is -2.11. The van der Waals surface area contributed by atoms with Crippen molar-refractivity contribution in [1.82, 2.24) is 5.32 Å². The zero-order valence-corrected chi connectivity index (χ0v) is 13.0. The van der Waals surface area contributed by atoms with Gasteiger partial charge in [0.25, 0.3) is 0 Å². The van der Waals surface area contributed by atoms with Gasteiger partial charge in [-0.3, -0.25) is 4.72 Å². The Morgan fingerprint density at radius 3 is 2.21 bits per heavy atom. The fourth-order valence-electron chi connectivity index (χ4n) is 1.92. The van der Waals surface area contributed by atoms with Crippen LogP contribution < -0.4 is 10.0 Å². The van der Waals surface area contributed by atoms with E-state index in [9.17, 15) is 8.42 Å². The zero-order chi connectivity index (χ0) is 14.5. The third-order valence-electron chi connectivity index (χ3n) is 2.64. The number of nitrogens with one attached hydrogen (secondary N) is 2. The van der Waals surface area contributed by atoms with Gasteiger partial charge in [-0.1, -0.05) is 19.9 Å². The molecule has 0 saturated carbocycles. The van der Waals surface area contributed by atoms with E-state index in [-0.39, 0.29) is 5.75 Å². The van der Waals surface area contributed by atoms with Crippen molar-refractivity contribution in [3.05, 3.63) is 29.3 Å². The molecule has 5 heteroatoms. The maximum absolute atomic E-state index is 11.9. The van der Waals surface area contributed by atoms with Gasteiger partial charge in [0.05, 0.1) is 5.75 Å². The van der Waals surface area contributed by atoms with Gasteiger partial charge < -0.3 is 5.32 Å². The fraction of sp³-hybridized carbons (Fsp3) is 0.571. The van der Waals surface area contributed by atoms with Crippen LogP contribution in [0.4, 0.5) is 5.69 Å². The molecule has 1 rings (SSSR count). The summed E-state index contributed by atoms with van der Waals surface area (Å²) in [7, 11) is -3.26. The highest BCUT2D eigenvalue weighted by Crippen LogP contribution is 2.15. The highest BCUT2D eigenvalue weighted by molar-refractivity contribution is 7.92. The van der Waals surface area contributed by atoms with Gasteiger partial charge in [0.2, 0.25) is 10.0 Å². The van der Waals surface area contributed by atoms with Gasteiger partial charge in [-0.15, -0.1) is 0 Å². The molecular formula is C14H24N2O2S. The molecule has 108 valence electrons. The first-order valence-electron chi connectivity index (χ1n) is 6.61. The Kier molecular flexibility index (Phi) is 5.82. The molecule has 0 amide bonds. The van der Waals surface area contributed by atoms with Crippen molar-refractivity contribution in [2.75, 3.05) is 17.0 Å². The summed E-state index contributed by atoms with van der Waals surface area (Å²) in [6.45, 7) is 8.71. The van der Waals surface area contributed by atoms with Gasteiger partial charge in [-0.05, 0) is 50.1 Å². The standard InChI is InChI=1S/C14H24N2O2S/c1-11(2)15-6-5-7-19(17,18)16-14-9-12(3)8-13(4)10-14/h8-11,15-16H,5-7H2,1-4H3. The number of benzene rings is 1. The van der Waals surface area contributed by atoms with Gasteiger partial charge in [0, 0.05) is 11.7 Å². The van der Waals surface area contributed by atoms with Crippen molar-refractivity contribution in [3.63, 3.8) is 0 Å². The summed E-state index contributed by atoms with van der Waals surface area (Å²) in [4.78, 5) is 0. The quantitative estimate of drug-likeness (QED) is 0.756. The van der Waals surface area contributed by atoms with E-state index in [2.05, 4.69) is 10.0 Å². The minimum atomic E-state index is -3.26. The molecule has 0 bridgehead atoms. The molecule has 0 aliphatic carbocycles. The summed E-state index contributed by atoms with van der Waals surface area (Å²) >= 11 is 0. The summed E-state index contributed by atoms with van der Waals surface area (Å²) in [5.41, 5.74) is 2.76. The van der Waals surface area contributed by atoms with Crippen LogP contribution in [0.5, 0.6) is 0 Å². The van der Waals surface area contributed by atoms with Gasteiger partial charge >= 0.3 is 0 Å². The summed E-state index contributed by atoms with van der Waals surface area (Å²) < 4.78 is 26.5. The molecule has 0 saturated heterocycles. The third-order valence-corrected chi connectivity index (χ3v) is 4.01. The van der Waals surface area contributed by atoms with Crippen LogP contribution in [0.1, 0.15) is 31.4 Å². The average molecular weight is 284 g/mol. The minimum Gasteiger partial charge on any atom is -0.314 e. The first-order chi connectivity index (χ1) is 8.78. The molecule has 0 unspecified atom stereocenters. The van der Waals surface area contributed by atoms with E-state index >= 15 is 0 Å². The predicted molar refractivity (Wildman–Crippen MR) is 81.1 cm³/mol. The van der Waals surface area contributed by atoms with Gasteiger partial charge in [0.15, 0.2) is 0 Å². The monoisotopic (exact) mass is 284 g/mol. The number of sulfonamides is 1. The predicted octanol–water partition coefficient (Wildman–Crippen LogP) is 2.43. The molecule has 1 aromatic carbocycles. The highest BCUT2D eigenvalue weighted by atomic mass is 32.2. The van der Waals surface area contributed by atoms with Crippen LogP contribution in [0.15, 0.2) is 18.2 Å². The van der Waals surface area contributed by atoms with Crippen molar-refractivity contribution in [2.45, 2.75) is 40.2 Å². The van der Waals surface area contributed by atoms with Crippen molar-refractivity contribution in [3.8, 4) is 0 Å². The number of hydrogen-bond acceptors (Lipinski definition) is 3. The van der Waals surface area contributed by atoms with Crippen molar-refractivity contribution in [1.29, 1.82) is 0 Å². The van der Waals surface area contributed by atoms with Crippen LogP contribution in [-0.4, -0.2) is 26.8 Å². The second-order valence-corrected chi connectivity index (χ2v) is 7.10. The second kappa shape index (κ2) is 6.91. The molecule has 1 aromatic rings. The Bertz CT molecular complexity index is 490. The Balaban J connectivity index is 2.54. The minimum absolute atomic E-state index is 0.139. The Morgan fingerprint density at radius 2 is 1.68 bits per heavy atom. The molecule has 0 spiro atoms. The molecule has 0 fully saturated rings. The average Bonchev–Trinajstić information content (AvgIpc) is 2.22. The van der Waals surface area contributed by atoms with E-state index in [1.807, 2.05) is 45.9 Å². The van der Waals surface area contributed by atoms with E-state index in [1.165, 1.54) is 0 Å². The topological polar surface area (TPSA) is 58.2 Å². The second-order valence-electron chi connectivity index (χ2n) is 5.26. The molecule has 0 aliphatic heterocycles. The molecule has 0 aromatic heterocycles. The van der Waals surface area contributed by atoms with Crippen LogP contribution in [-0.2, 0) is 10.0 Å². The van der Waals surface area contributed by atoms with Gasteiger partial charge in [-0.2, -0.15) is 0 Å².